The molecule has 0 spiro atoms. The zero-order chi connectivity index (χ0) is 22.1. The highest BCUT2D eigenvalue weighted by Gasteiger charge is 2.23. The number of nitrogens with zero attached hydrogens (tertiary/aromatic N) is 1. The van der Waals surface area contributed by atoms with E-state index >= 15 is 0 Å². The molecule has 158 valence electrons. The van der Waals surface area contributed by atoms with Crippen molar-refractivity contribution in [3.8, 4) is 0 Å². The number of nitro groups is 1. The Hall–Kier alpha value is -3.60. The number of carboxylic acids is 1. The van der Waals surface area contributed by atoms with E-state index in [0.29, 0.717) is 5.75 Å². The molecule has 2 amide bonds. The van der Waals surface area contributed by atoms with Crippen LogP contribution in [0.1, 0.15) is 22.5 Å². The van der Waals surface area contributed by atoms with Crippen LogP contribution in [0.4, 0.5) is 5.69 Å². The monoisotopic (exact) mass is 433 g/mol. The van der Waals surface area contributed by atoms with Crippen LogP contribution in [0.15, 0.2) is 52.8 Å². The number of carboxylic acid groups (broad SMARTS) is 1. The third kappa shape index (κ3) is 6.48. The average Bonchev–Trinajstić information content (AvgIpc) is 3.25. The van der Waals surface area contributed by atoms with Crippen molar-refractivity contribution in [3.05, 3.63) is 69.8 Å². The van der Waals surface area contributed by atoms with Gasteiger partial charge in [-0.05, 0) is 42.2 Å². The third-order valence-electron chi connectivity index (χ3n) is 3.84. The number of benzene rings is 1. The van der Waals surface area contributed by atoms with Gasteiger partial charge in [0, 0.05) is 12.1 Å². The van der Waals surface area contributed by atoms with Crippen molar-refractivity contribution < 1.29 is 28.8 Å². The van der Waals surface area contributed by atoms with E-state index in [1.807, 2.05) is 0 Å². The van der Waals surface area contributed by atoms with Gasteiger partial charge in [-0.1, -0.05) is 12.1 Å². The maximum absolute atomic E-state index is 12.7. The summed E-state index contributed by atoms with van der Waals surface area (Å²) in [6, 6.07) is 7.13. The second-order valence-corrected chi connectivity index (χ2v) is 6.97. The first-order chi connectivity index (χ1) is 14.3. The van der Waals surface area contributed by atoms with E-state index in [-0.39, 0.29) is 29.1 Å². The molecule has 1 heterocycles. The number of hydrogen-bond acceptors (Lipinski definition) is 7. The summed E-state index contributed by atoms with van der Waals surface area (Å²) in [4.78, 5) is 46.9. The maximum Gasteiger partial charge on any atom is 0.326 e. The van der Waals surface area contributed by atoms with Crippen LogP contribution in [-0.4, -0.2) is 45.9 Å². The number of furan rings is 1. The number of rotatable bonds is 10. The van der Waals surface area contributed by atoms with Gasteiger partial charge in [0.1, 0.15) is 11.7 Å². The molecule has 2 rings (SSSR count). The highest BCUT2D eigenvalue weighted by molar-refractivity contribution is 7.98. The minimum Gasteiger partial charge on any atom is -0.480 e. The molecule has 0 bridgehead atoms. The van der Waals surface area contributed by atoms with E-state index in [1.54, 1.807) is 6.26 Å². The van der Waals surface area contributed by atoms with Gasteiger partial charge in [0.25, 0.3) is 17.5 Å². The van der Waals surface area contributed by atoms with Gasteiger partial charge in [0.15, 0.2) is 5.76 Å². The van der Waals surface area contributed by atoms with Gasteiger partial charge in [-0.15, -0.1) is 0 Å². The minimum absolute atomic E-state index is 0.0649. The normalized spacial score (nSPS) is 12.1. The van der Waals surface area contributed by atoms with Crippen molar-refractivity contribution in [1.82, 2.24) is 10.6 Å². The first-order valence-corrected chi connectivity index (χ1v) is 10.0. The largest absolute Gasteiger partial charge is 0.480 e. The number of non-ortho nitro benzene ring substituents is 1. The fourth-order valence-electron chi connectivity index (χ4n) is 2.37. The summed E-state index contributed by atoms with van der Waals surface area (Å²) < 4.78 is 4.99. The van der Waals surface area contributed by atoms with Crippen LogP contribution < -0.4 is 10.6 Å². The zero-order valence-electron chi connectivity index (χ0n) is 15.9. The van der Waals surface area contributed by atoms with Gasteiger partial charge in [0.05, 0.1) is 11.2 Å². The number of carbonyl (C=O) groups excluding carboxylic acids is 2. The lowest BCUT2D eigenvalue weighted by Gasteiger charge is -2.16. The van der Waals surface area contributed by atoms with Crippen molar-refractivity contribution in [2.24, 2.45) is 0 Å². The van der Waals surface area contributed by atoms with Crippen LogP contribution in [0.3, 0.4) is 0 Å². The van der Waals surface area contributed by atoms with Crippen molar-refractivity contribution >= 4 is 41.3 Å². The summed E-state index contributed by atoms with van der Waals surface area (Å²) in [6.07, 6.45) is 4.48. The van der Waals surface area contributed by atoms with Gasteiger partial charge in [0.2, 0.25) is 0 Å². The summed E-state index contributed by atoms with van der Waals surface area (Å²) in [5, 5.41) is 25.0. The van der Waals surface area contributed by atoms with Crippen molar-refractivity contribution in [3.63, 3.8) is 0 Å². The molecular weight excluding hydrogens is 414 g/mol. The molecular formula is C19H19N3O7S. The van der Waals surface area contributed by atoms with Gasteiger partial charge in [-0.3, -0.25) is 19.7 Å². The van der Waals surface area contributed by atoms with E-state index in [1.165, 1.54) is 60.5 Å². The Morgan fingerprint density at radius 3 is 2.67 bits per heavy atom. The molecule has 0 radical (unpaired) electrons. The van der Waals surface area contributed by atoms with Crippen molar-refractivity contribution in [1.29, 1.82) is 0 Å². The Kier molecular flexibility index (Phi) is 8.18. The molecule has 0 aliphatic rings. The van der Waals surface area contributed by atoms with Gasteiger partial charge in [-0.25, -0.2) is 4.79 Å². The number of amides is 2. The first-order valence-electron chi connectivity index (χ1n) is 8.65. The molecule has 0 saturated heterocycles. The Balaban J connectivity index is 2.33. The second kappa shape index (κ2) is 10.8. The number of thioether (sulfide) groups is 1. The summed E-state index contributed by atoms with van der Waals surface area (Å²) in [6.45, 7) is 0. The molecule has 0 saturated carbocycles. The molecule has 0 aliphatic heterocycles. The molecule has 1 aromatic heterocycles. The summed E-state index contributed by atoms with van der Waals surface area (Å²) in [5.41, 5.74) is -0.221. The zero-order valence-corrected chi connectivity index (χ0v) is 16.7. The molecule has 30 heavy (non-hydrogen) atoms. The fourth-order valence-corrected chi connectivity index (χ4v) is 2.85. The van der Waals surface area contributed by atoms with E-state index in [0.717, 1.165) is 0 Å². The summed E-state index contributed by atoms with van der Waals surface area (Å²) >= 11 is 1.42. The fraction of sp³-hybridized carbons (Fsp3) is 0.211. The van der Waals surface area contributed by atoms with E-state index in [2.05, 4.69) is 10.6 Å². The Morgan fingerprint density at radius 2 is 2.07 bits per heavy atom. The number of nitro benzene ring substituents is 1. The maximum atomic E-state index is 12.7. The van der Waals surface area contributed by atoms with Crippen LogP contribution in [-0.2, 0) is 9.59 Å². The standard InChI is InChI=1S/C19H19N3O7S/c1-30-9-7-14(19(25)26)20-17(23)15(21-18(24)16-6-3-8-29-16)11-12-4-2-5-13(10-12)22(27)28/h2-6,8,10-11,14H,7,9H2,1H3,(H,20,23)(H,21,24)(H,25,26)/b15-11-/t14-/m0/s1. The van der Waals surface area contributed by atoms with Crippen molar-refractivity contribution in [2.45, 2.75) is 12.5 Å². The molecule has 1 atom stereocenters. The second-order valence-electron chi connectivity index (χ2n) is 5.99. The lowest BCUT2D eigenvalue weighted by molar-refractivity contribution is -0.384. The van der Waals surface area contributed by atoms with Crippen LogP contribution in [0.2, 0.25) is 0 Å². The van der Waals surface area contributed by atoms with Gasteiger partial charge in [-0.2, -0.15) is 11.8 Å². The van der Waals surface area contributed by atoms with E-state index in [9.17, 15) is 29.6 Å². The van der Waals surface area contributed by atoms with Crippen LogP contribution in [0.25, 0.3) is 6.08 Å². The van der Waals surface area contributed by atoms with Gasteiger partial charge < -0.3 is 20.2 Å². The highest BCUT2D eigenvalue weighted by Crippen LogP contribution is 2.16. The smallest absolute Gasteiger partial charge is 0.326 e. The Bertz CT molecular complexity index is 957. The summed E-state index contributed by atoms with van der Waals surface area (Å²) in [5.74, 6) is -2.37. The topological polar surface area (TPSA) is 152 Å². The molecule has 0 aliphatic carbocycles. The van der Waals surface area contributed by atoms with Crippen molar-refractivity contribution in [2.75, 3.05) is 12.0 Å². The highest BCUT2D eigenvalue weighted by atomic mass is 32.2. The molecule has 3 N–H and O–H groups in total. The van der Waals surface area contributed by atoms with E-state index in [4.69, 9.17) is 4.42 Å². The quantitative estimate of drug-likeness (QED) is 0.293. The van der Waals surface area contributed by atoms with Crippen LogP contribution >= 0.6 is 11.8 Å². The van der Waals surface area contributed by atoms with Gasteiger partial charge >= 0.3 is 5.97 Å². The molecule has 0 fully saturated rings. The third-order valence-corrected chi connectivity index (χ3v) is 4.49. The Morgan fingerprint density at radius 1 is 1.30 bits per heavy atom. The lowest BCUT2D eigenvalue weighted by Crippen LogP contribution is -2.44. The number of nitrogens with one attached hydrogen (secondary N) is 2. The molecule has 10 nitrogen and oxygen atoms in total. The Labute approximate surface area is 175 Å². The number of carbonyl (C=O) groups is 3. The first kappa shape index (κ1) is 22.7. The molecule has 11 heteroatoms. The van der Waals surface area contributed by atoms with Crippen LogP contribution in [0, 0.1) is 10.1 Å². The predicted octanol–water partition coefficient (Wildman–Crippen LogP) is 2.28. The van der Waals surface area contributed by atoms with Crippen LogP contribution in [0.5, 0.6) is 0 Å². The number of aliphatic carboxylic acids is 1. The molecule has 1 aromatic carbocycles. The molecule has 0 unspecified atom stereocenters. The number of hydrogen-bond donors (Lipinski definition) is 3. The summed E-state index contributed by atoms with van der Waals surface area (Å²) in [7, 11) is 0. The lowest BCUT2D eigenvalue weighted by atomic mass is 10.1. The average molecular weight is 433 g/mol. The molecule has 2 aromatic rings. The predicted molar refractivity (Wildman–Crippen MR) is 110 cm³/mol. The van der Waals surface area contributed by atoms with E-state index < -0.39 is 28.7 Å². The minimum atomic E-state index is -1.22. The SMILES string of the molecule is CSCC[C@H](NC(=O)/C(=C/c1cccc([N+](=O)[O-])c1)NC(=O)c1ccco1)C(=O)O.